The van der Waals surface area contributed by atoms with Gasteiger partial charge in [-0.15, -0.1) is 47.0 Å². The van der Waals surface area contributed by atoms with Crippen LogP contribution < -0.4 is 20.9 Å². The fourth-order valence-electron chi connectivity index (χ4n) is 8.24. The number of thioether (sulfide) groups is 4. The Morgan fingerprint density at radius 2 is 1.29 bits per heavy atom. The fraction of sp³-hybridized carbons (Fsp3) is 0.854. The SMILES string of the molecule is CCCCC(C)COc1c2c(c(OCC(CC)CCCC)c3c1SC(C1SC(C4SC(C(C)(C)C)C(N)C4O)C(O)C1N)C3)SC(C(C)(C)C)C2. The van der Waals surface area contributed by atoms with Crippen LogP contribution in [0.5, 0.6) is 11.5 Å². The number of benzene rings is 1. The van der Waals surface area contributed by atoms with Gasteiger partial charge in [-0.25, -0.2) is 0 Å². The summed E-state index contributed by atoms with van der Waals surface area (Å²) in [6.07, 6.45) is 8.79. The summed E-state index contributed by atoms with van der Waals surface area (Å²) < 4.78 is 14.0. The molecule has 4 heterocycles. The van der Waals surface area contributed by atoms with E-state index in [0.29, 0.717) is 23.7 Å². The lowest BCUT2D eigenvalue weighted by Crippen LogP contribution is -2.49. The molecule has 0 radical (unpaired) electrons. The average Bonchev–Trinajstić information content (AvgIpc) is 3.84. The number of rotatable bonds is 15. The summed E-state index contributed by atoms with van der Waals surface area (Å²) >= 11 is 7.47. The fourth-order valence-corrected chi connectivity index (χ4v) is 15.3. The number of fused-ring (bicyclic) bond motifs is 2. The monoisotopic (exact) mass is 782 g/mol. The average molecular weight is 783 g/mol. The lowest BCUT2D eigenvalue weighted by molar-refractivity contribution is 0.104. The molecule has 4 aliphatic rings. The Morgan fingerprint density at radius 3 is 1.88 bits per heavy atom. The molecule has 1 aromatic carbocycles. The van der Waals surface area contributed by atoms with Crippen LogP contribution in [0.2, 0.25) is 0 Å². The summed E-state index contributed by atoms with van der Waals surface area (Å²) in [5.74, 6) is 3.19. The number of hydrogen-bond acceptors (Lipinski definition) is 10. The summed E-state index contributed by atoms with van der Waals surface area (Å²) in [6.45, 7) is 24.2. The quantitative estimate of drug-likeness (QED) is 0.138. The molecule has 12 unspecified atom stereocenters. The third-order valence-electron chi connectivity index (χ3n) is 11.7. The highest BCUT2D eigenvalue weighted by Crippen LogP contribution is 2.61. The van der Waals surface area contributed by atoms with Gasteiger partial charge in [0.05, 0.1) is 35.2 Å². The number of unbranched alkanes of at least 4 members (excludes halogenated alkanes) is 2. The Morgan fingerprint density at radius 1 is 0.725 bits per heavy atom. The zero-order valence-corrected chi connectivity index (χ0v) is 36.5. The van der Waals surface area contributed by atoms with Gasteiger partial charge >= 0.3 is 0 Å². The van der Waals surface area contributed by atoms with Crippen LogP contribution in [0.25, 0.3) is 0 Å². The molecular formula is C41H70N2O4S4. The summed E-state index contributed by atoms with van der Waals surface area (Å²) in [4.78, 5) is 2.54. The maximum absolute atomic E-state index is 11.7. The van der Waals surface area contributed by atoms with Crippen molar-refractivity contribution in [2.24, 2.45) is 34.1 Å². The number of ether oxygens (including phenoxy) is 2. The van der Waals surface area contributed by atoms with Crippen LogP contribution in [0.1, 0.15) is 125 Å². The van der Waals surface area contributed by atoms with Crippen LogP contribution >= 0.6 is 47.0 Å². The van der Waals surface area contributed by atoms with Crippen molar-refractivity contribution in [3.8, 4) is 11.5 Å². The summed E-state index contributed by atoms with van der Waals surface area (Å²) in [5, 5.41) is 23.5. The number of aliphatic hydroxyl groups is 2. The molecule has 51 heavy (non-hydrogen) atoms. The van der Waals surface area contributed by atoms with Crippen molar-refractivity contribution in [3.05, 3.63) is 11.1 Å². The Labute approximate surface area is 327 Å². The molecule has 0 aliphatic carbocycles. The molecule has 10 heteroatoms. The highest BCUT2D eigenvalue weighted by Gasteiger charge is 2.56. The predicted molar refractivity (Wildman–Crippen MR) is 223 cm³/mol. The number of aliphatic hydroxyl groups excluding tert-OH is 2. The maximum atomic E-state index is 11.7. The molecule has 0 amide bonds. The summed E-state index contributed by atoms with van der Waals surface area (Å²) in [6, 6.07) is -0.717. The second kappa shape index (κ2) is 17.5. The number of nitrogens with two attached hydrogens (primary N) is 2. The van der Waals surface area contributed by atoms with Gasteiger partial charge < -0.3 is 31.2 Å². The van der Waals surface area contributed by atoms with Gasteiger partial charge in [0.2, 0.25) is 0 Å². The molecule has 2 saturated heterocycles. The number of hydrogen-bond donors (Lipinski definition) is 4. The largest absolute Gasteiger partial charge is 0.492 e. The van der Waals surface area contributed by atoms with Gasteiger partial charge in [0.25, 0.3) is 0 Å². The maximum Gasteiger partial charge on any atom is 0.137 e. The van der Waals surface area contributed by atoms with E-state index in [-0.39, 0.29) is 43.1 Å². The van der Waals surface area contributed by atoms with Crippen molar-refractivity contribution < 1.29 is 19.7 Å². The van der Waals surface area contributed by atoms with Gasteiger partial charge in [-0.2, -0.15) is 0 Å². The molecule has 6 N–H and O–H groups in total. The Kier molecular flexibility index (Phi) is 14.5. The molecule has 0 aromatic heterocycles. The zero-order chi connectivity index (χ0) is 37.4. The lowest BCUT2D eigenvalue weighted by Gasteiger charge is -2.30. The van der Waals surface area contributed by atoms with E-state index < -0.39 is 18.2 Å². The third kappa shape index (κ3) is 9.21. The smallest absolute Gasteiger partial charge is 0.137 e. The molecule has 2 fully saturated rings. The van der Waals surface area contributed by atoms with Crippen molar-refractivity contribution >= 4 is 47.0 Å². The molecule has 12 atom stereocenters. The normalized spacial score (nSPS) is 33.4. The van der Waals surface area contributed by atoms with E-state index in [1.54, 1.807) is 23.5 Å². The highest BCUT2D eigenvalue weighted by molar-refractivity contribution is 8.06. The Hall–Kier alpha value is 0.0600. The molecule has 1 aromatic rings. The minimum atomic E-state index is -0.704. The zero-order valence-electron chi connectivity index (χ0n) is 33.2. The first-order valence-electron chi connectivity index (χ1n) is 20.0. The van der Waals surface area contributed by atoms with Gasteiger partial charge in [0.1, 0.15) is 11.5 Å². The molecule has 6 nitrogen and oxygen atoms in total. The van der Waals surface area contributed by atoms with Gasteiger partial charge in [-0.1, -0.05) is 101 Å². The topological polar surface area (TPSA) is 111 Å². The van der Waals surface area contributed by atoms with E-state index in [1.807, 2.05) is 23.5 Å². The second-order valence-corrected chi connectivity index (χ2v) is 23.3. The van der Waals surface area contributed by atoms with Crippen LogP contribution in [0.15, 0.2) is 9.79 Å². The highest BCUT2D eigenvalue weighted by atomic mass is 32.2. The molecule has 0 bridgehead atoms. The van der Waals surface area contributed by atoms with E-state index >= 15 is 0 Å². The van der Waals surface area contributed by atoms with E-state index in [9.17, 15) is 10.2 Å². The first-order valence-corrected chi connectivity index (χ1v) is 23.6. The van der Waals surface area contributed by atoms with Crippen LogP contribution in [-0.2, 0) is 12.8 Å². The van der Waals surface area contributed by atoms with Crippen molar-refractivity contribution in [2.75, 3.05) is 13.2 Å². The van der Waals surface area contributed by atoms with E-state index in [4.69, 9.17) is 20.9 Å². The predicted octanol–water partition coefficient (Wildman–Crippen LogP) is 8.96. The Balaban J connectivity index is 1.48. The van der Waals surface area contributed by atoms with Crippen LogP contribution in [0.3, 0.4) is 0 Å². The van der Waals surface area contributed by atoms with Crippen molar-refractivity contribution in [2.45, 2.75) is 193 Å². The first kappa shape index (κ1) is 42.2. The van der Waals surface area contributed by atoms with Crippen molar-refractivity contribution in [3.63, 3.8) is 0 Å². The molecule has 5 rings (SSSR count). The molecule has 292 valence electrons. The molecular weight excluding hydrogens is 713 g/mol. The summed E-state index contributed by atoms with van der Waals surface area (Å²) in [7, 11) is 0. The minimum absolute atomic E-state index is 0.0297. The van der Waals surface area contributed by atoms with Crippen molar-refractivity contribution in [1.82, 2.24) is 0 Å². The standard InChI is InChI=1S/C41H70N2O4S4/c1-11-14-16-22(4)20-46-33-25-19-27(40(5,6)7)49-35(25)32(47-21-23(13-3)17-15-12-2)24-18-26(48-34(24)33)36-28(42)30(44)37(50-36)38-31(45)29(43)39(51-38)41(8,9)10/h22-23,26-31,36-39,44-45H,11-21,42-43H2,1-10H3. The van der Waals surface area contributed by atoms with E-state index in [0.717, 1.165) is 37.4 Å². The first-order chi connectivity index (χ1) is 24.0. The molecule has 4 aliphatic heterocycles. The van der Waals surface area contributed by atoms with E-state index in [1.165, 1.54) is 59.4 Å². The lowest BCUT2D eigenvalue weighted by atomic mass is 9.85. The second-order valence-electron chi connectivity index (χ2n) is 18.2. The van der Waals surface area contributed by atoms with Gasteiger partial charge in [-0.05, 0) is 48.3 Å². The van der Waals surface area contributed by atoms with Crippen molar-refractivity contribution in [1.29, 1.82) is 0 Å². The Bertz CT molecular complexity index is 1320. The third-order valence-corrected chi connectivity index (χ3v) is 19.4. The van der Waals surface area contributed by atoms with Gasteiger partial charge in [0, 0.05) is 54.7 Å². The molecule has 0 spiro atoms. The van der Waals surface area contributed by atoms with Gasteiger partial charge in [-0.3, -0.25) is 0 Å². The van der Waals surface area contributed by atoms with E-state index in [2.05, 4.69) is 69.2 Å². The molecule has 0 saturated carbocycles. The van der Waals surface area contributed by atoms with Gasteiger partial charge in [0.15, 0.2) is 0 Å². The van der Waals surface area contributed by atoms with Crippen LogP contribution in [0.4, 0.5) is 0 Å². The van der Waals surface area contributed by atoms with Crippen LogP contribution in [-0.4, -0.2) is 79.2 Å². The summed E-state index contributed by atoms with van der Waals surface area (Å²) in [5.41, 5.74) is 16.3. The minimum Gasteiger partial charge on any atom is -0.492 e. The van der Waals surface area contributed by atoms with Crippen LogP contribution in [0, 0.1) is 22.7 Å².